The minimum absolute atomic E-state index is 0.0976. The van der Waals surface area contributed by atoms with Gasteiger partial charge in [-0.15, -0.1) is 0 Å². The Kier molecular flexibility index (Phi) is 3.86. The van der Waals surface area contributed by atoms with Crippen molar-refractivity contribution in [2.75, 3.05) is 13.3 Å². The van der Waals surface area contributed by atoms with Crippen LogP contribution in [0.4, 0.5) is 0 Å². The van der Waals surface area contributed by atoms with E-state index in [9.17, 15) is 5.11 Å². The zero-order valence-corrected chi connectivity index (χ0v) is 10.1. The van der Waals surface area contributed by atoms with E-state index in [4.69, 9.17) is 15.2 Å². The lowest BCUT2D eigenvalue weighted by molar-refractivity contribution is 0.106. The number of aliphatic hydroxyl groups excluding tert-OH is 1. The van der Waals surface area contributed by atoms with Crippen LogP contribution in [0.1, 0.15) is 31.4 Å². The summed E-state index contributed by atoms with van der Waals surface area (Å²) in [6, 6.07) is 5.54. The third kappa shape index (κ3) is 2.53. The first-order valence-corrected chi connectivity index (χ1v) is 6.04. The van der Waals surface area contributed by atoms with Crippen molar-refractivity contribution in [2.45, 2.75) is 25.9 Å². The summed E-state index contributed by atoms with van der Waals surface area (Å²) in [6.07, 6.45) is 1.41. The first kappa shape index (κ1) is 12.2. The second-order valence-corrected chi connectivity index (χ2v) is 4.34. The van der Waals surface area contributed by atoms with Crippen LogP contribution in [0.25, 0.3) is 0 Å². The lowest BCUT2D eigenvalue weighted by Gasteiger charge is -2.21. The van der Waals surface area contributed by atoms with Crippen LogP contribution in [-0.4, -0.2) is 18.4 Å². The molecule has 1 aromatic rings. The molecule has 1 aromatic carbocycles. The second-order valence-electron chi connectivity index (χ2n) is 4.34. The second kappa shape index (κ2) is 5.38. The lowest BCUT2D eigenvalue weighted by atomic mass is 9.92. The topological polar surface area (TPSA) is 64.7 Å². The van der Waals surface area contributed by atoms with Crippen molar-refractivity contribution in [3.05, 3.63) is 23.8 Å². The summed E-state index contributed by atoms with van der Waals surface area (Å²) in [6.45, 7) is 2.84. The highest BCUT2D eigenvalue weighted by Gasteiger charge is 2.21. The van der Waals surface area contributed by atoms with Crippen molar-refractivity contribution in [2.24, 2.45) is 11.7 Å². The predicted molar refractivity (Wildman–Crippen MR) is 65.0 cm³/mol. The molecule has 3 N–H and O–H groups in total. The zero-order valence-electron chi connectivity index (χ0n) is 10.1. The first-order chi connectivity index (χ1) is 8.26. The summed E-state index contributed by atoms with van der Waals surface area (Å²) in [5.41, 5.74) is 6.54. The molecular formula is C13H19NO3. The van der Waals surface area contributed by atoms with Crippen LogP contribution in [0.15, 0.2) is 18.2 Å². The van der Waals surface area contributed by atoms with Crippen LogP contribution in [0.3, 0.4) is 0 Å². The quantitative estimate of drug-likeness (QED) is 0.820. The maximum Gasteiger partial charge on any atom is 0.231 e. The van der Waals surface area contributed by atoms with E-state index >= 15 is 0 Å². The molecule has 1 heterocycles. The third-order valence-corrected chi connectivity index (χ3v) is 3.15. The Hall–Kier alpha value is -1.26. The van der Waals surface area contributed by atoms with Crippen molar-refractivity contribution >= 4 is 0 Å². The van der Waals surface area contributed by atoms with E-state index in [0.717, 1.165) is 24.2 Å². The third-order valence-electron chi connectivity index (χ3n) is 3.15. The van der Waals surface area contributed by atoms with Crippen LogP contribution in [-0.2, 0) is 0 Å². The zero-order chi connectivity index (χ0) is 12.3. The number of ether oxygens (including phenoxy) is 2. The molecule has 17 heavy (non-hydrogen) atoms. The monoisotopic (exact) mass is 237 g/mol. The number of benzene rings is 1. The maximum atomic E-state index is 10.3. The molecule has 0 amide bonds. The highest BCUT2D eigenvalue weighted by Crippen LogP contribution is 2.36. The summed E-state index contributed by atoms with van der Waals surface area (Å²) >= 11 is 0. The van der Waals surface area contributed by atoms with E-state index in [1.165, 1.54) is 0 Å². The molecule has 0 aromatic heterocycles. The first-order valence-electron chi connectivity index (χ1n) is 6.04. The number of aliphatic hydroxyl groups is 1. The van der Waals surface area contributed by atoms with Crippen LogP contribution < -0.4 is 15.2 Å². The van der Waals surface area contributed by atoms with E-state index in [1.807, 2.05) is 18.2 Å². The number of hydrogen-bond acceptors (Lipinski definition) is 4. The average Bonchev–Trinajstić information content (AvgIpc) is 2.82. The molecule has 0 spiro atoms. The Morgan fingerprint density at radius 3 is 2.82 bits per heavy atom. The minimum atomic E-state index is -0.533. The smallest absolute Gasteiger partial charge is 0.231 e. The van der Waals surface area contributed by atoms with Crippen LogP contribution in [0.2, 0.25) is 0 Å². The highest BCUT2D eigenvalue weighted by molar-refractivity contribution is 5.45. The molecule has 2 unspecified atom stereocenters. The van der Waals surface area contributed by atoms with E-state index < -0.39 is 6.10 Å². The van der Waals surface area contributed by atoms with E-state index in [1.54, 1.807) is 0 Å². The summed E-state index contributed by atoms with van der Waals surface area (Å²) in [5.74, 6) is 1.54. The summed E-state index contributed by atoms with van der Waals surface area (Å²) in [4.78, 5) is 0. The Labute approximate surface area is 101 Å². The molecule has 0 saturated carbocycles. The van der Waals surface area contributed by atoms with Gasteiger partial charge in [-0.3, -0.25) is 0 Å². The van der Waals surface area contributed by atoms with Gasteiger partial charge in [0.05, 0.1) is 6.10 Å². The van der Waals surface area contributed by atoms with Crippen molar-refractivity contribution < 1.29 is 14.6 Å². The minimum Gasteiger partial charge on any atom is -0.454 e. The van der Waals surface area contributed by atoms with Gasteiger partial charge >= 0.3 is 0 Å². The molecule has 1 aliphatic rings. The average molecular weight is 237 g/mol. The number of hydrogen-bond donors (Lipinski definition) is 2. The van der Waals surface area contributed by atoms with Crippen molar-refractivity contribution in [3.63, 3.8) is 0 Å². The fourth-order valence-electron chi connectivity index (χ4n) is 2.14. The molecular weight excluding hydrogens is 218 g/mol. The van der Waals surface area contributed by atoms with Crippen molar-refractivity contribution in [1.82, 2.24) is 0 Å². The Morgan fingerprint density at radius 2 is 2.12 bits per heavy atom. The summed E-state index contributed by atoms with van der Waals surface area (Å²) in [5, 5.41) is 10.3. The van der Waals surface area contributed by atoms with Crippen molar-refractivity contribution in [1.29, 1.82) is 0 Å². The molecule has 4 heteroatoms. The van der Waals surface area contributed by atoms with Crippen LogP contribution >= 0.6 is 0 Å². The van der Waals surface area contributed by atoms with Gasteiger partial charge in [-0.1, -0.05) is 19.4 Å². The Bertz CT molecular complexity index is 381. The maximum absolute atomic E-state index is 10.3. The Balaban J connectivity index is 2.15. The van der Waals surface area contributed by atoms with Gasteiger partial charge < -0.3 is 20.3 Å². The molecule has 0 fully saturated rings. The molecule has 0 saturated heterocycles. The van der Waals surface area contributed by atoms with E-state index in [-0.39, 0.29) is 12.7 Å². The van der Waals surface area contributed by atoms with Gasteiger partial charge in [-0.05, 0) is 30.7 Å². The van der Waals surface area contributed by atoms with Gasteiger partial charge in [0.1, 0.15) is 0 Å². The van der Waals surface area contributed by atoms with Crippen LogP contribution in [0, 0.1) is 5.92 Å². The normalized spacial score (nSPS) is 16.9. The number of fused-ring (bicyclic) bond motifs is 1. The van der Waals surface area contributed by atoms with E-state index in [2.05, 4.69) is 6.92 Å². The largest absolute Gasteiger partial charge is 0.454 e. The Morgan fingerprint density at radius 1 is 1.35 bits per heavy atom. The van der Waals surface area contributed by atoms with Gasteiger partial charge in [0.2, 0.25) is 6.79 Å². The van der Waals surface area contributed by atoms with Gasteiger partial charge in [0.25, 0.3) is 0 Å². The van der Waals surface area contributed by atoms with E-state index in [0.29, 0.717) is 12.3 Å². The summed E-state index contributed by atoms with van der Waals surface area (Å²) in [7, 11) is 0. The van der Waals surface area contributed by atoms with Gasteiger partial charge in [-0.25, -0.2) is 0 Å². The molecule has 0 bridgehead atoms. The molecule has 0 radical (unpaired) electrons. The summed E-state index contributed by atoms with van der Waals surface area (Å²) < 4.78 is 10.5. The number of nitrogens with two attached hydrogens (primary N) is 1. The fraction of sp³-hybridized carbons (Fsp3) is 0.538. The molecule has 0 aliphatic carbocycles. The van der Waals surface area contributed by atoms with Crippen molar-refractivity contribution in [3.8, 4) is 11.5 Å². The molecule has 94 valence electrons. The molecule has 2 rings (SSSR count). The standard InChI is InChI=1S/C13H19NO3/c1-2-3-10(7-14)13(15)9-4-5-11-12(6-9)17-8-16-11/h4-6,10,13,15H,2-3,7-8,14H2,1H3. The fourth-order valence-corrected chi connectivity index (χ4v) is 2.14. The van der Waals surface area contributed by atoms with Gasteiger partial charge in [-0.2, -0.15) is 0 Å². The van der Waals surface area contributed by atoms with Gasteiger partial charge in [0.15, 0.2) is 11.5 Å². The van der Waals surface area contributed by atoms with Gasteiger partial charge in [0, 0.05) is 5.92 Å². The molecule has 4 nitrogen and oxygen atoms in total. The molecule has 2 atom stereocenters. The van der Waals surface area contributed by atoms with Crippen LogP contribution in [0.5, 0.6) is 11.5 Å². The lowest BCUT2D eigenvalue weighted by Crippen LogP contribution is -2.21. The SMILES string of the molecule is CCCC(CN)C(O)c1ccc2c(c1)OCO2. The predicted octanol–water partition coefficient (Wildman–Crippen LogP) is 1.82. The molecule has 1 aliphatic heterocycles. The number of rotatable bonds is 5. The highest BCUT2D eigenvalue weighted by atomic mass is 16.7.